The molecule has 0 aromatic heterocycles. The zero-order valence-corrected chi connectivity index (χ0v) is 12.1. The van der Waals surface area contributed by atoms with Gasteiger partial charge in [0.25, 0.3) is 0 Å². The summed E-state index contributed by atoms with van der Waals surface area (Å²) in [5.74, 6) is -0.427. The van der Waals surface area contributed by atoms with Gasteiger partial charge in [-0.25, -0.2) is 13.2 Å². The van der Waals surface area contributed by atoms with Crippen molar-refractivity contribution in [2.45, 2.75) is 11.5 Å². The van der Waals surface area contributed by atoms with Crippen molar-refractivity contribution in [2.75, 3.05) is 6.26 Å². The summed E-state index contributed by atoms with van der Waals surface area (Å²) in [6.45, 7) is 0.276. The Morgan fingerprint density at radius 1 is 1.05 bits per heavy atom. The van der Waals surface area contributed by atoms with E-state index in [4.69, 9.17) is 9.84 Å². The van der Waals surface area contributed by atoms with Crippen LogP contribution in [-0.2, 0) is 16.4 Å². The van der Waals surface area contributed by atoms with Crippen LogP contribution in [0.15, 0.2) is 53.4 Å². The fraction of sp³-hybridized carbons (Fsp3) is 0.133. The van der Waals surface area contributed by atoms with Crippen molar-refractivity contribution in [3.8, 4) is 5.75 Å². The molecular formula is C15H14O5S. The first kappa shape index (κ1) is 15.1. The molecule has 0 aliphatic heterocycles. The number of carbonyl (C=O) groups is 1. The summed E-state index contributed by atoms with van der Waals surface area (Å²) in [6, 6.07) is 12.5. The van der Waals surface area contributed by atoms with E-state index in [2.05, 4.69) is 0 Å². The number of hydrogen-bond donors (Lipinski definition) is 1. The molecule has 1 N–H and O–H groups in total. The van der Waals surface area contributed by atoms with Crippen LogP contribution in [0.3, 0.4) is 0 Å². The number of hydrogen-bond acceptors (Lipinski definition) is 4. The topological polar surface area (TPSA) is 80.7 Å². The fourth-order valence-electron chi connectivity index (χ4n) is 1.69. The molecule has 2 aromatic carbocycles. The molecule has 0 saturated carbocycles. The molecule has 2 aromatic rings. The number of benzene rings is 2. The summed E-state index contributed by atoms with van der Waals surface area (Å²) in [6.07, 6.45) is 1.15. The summed E-state index contributed by atoms with van der Waals surface area (Å²) >= 11 is 0. The molecule has 0 amide bonds. The maximum atomic E-state index is 11.3. The molecule has 110 valence electrons. The molecule has 0 aliphatic rings. The van der Waals surface area contributed by atoms with E-state index in [1.165, 1.54) is 24.3 Å². The summed E-state index contributed by atoms with van der Waals surface area (Å²) in [4.78, 5) is 11.0. The number of ether oxygens (including phenoxy) is 1. The van der Waals surface area contributed by atoms with Gasteiger partial charge in [-0.15, -0.1) is 0 Å². The smallest absolute Gasteiger partial charge is 0.335 e. The van der Waals surface area contributed by atoms with Gasteiger partial charge in [0.2, 0.25) is 0 Å². The molecule has 21 heavy (non-hydrogen) atoms. The van der Waals surface area contributed by atoms with Crippen LogP contribution >= 0.6 is 0 Å². The molecule has 0 saturated heterocycles. The Morgan fingerprint density at radius 2 is 1.62 bits per heavy atom. The number of carboxylic acids is 1. The fourth-order valence-corrected chi connectivity index (χ4v) is 2.32. The van der Waals surface area contributed by atoms with Crippen LogP contribution in [0.4, 0.5) is 0 Å². The van der Waals surface area contributed by atoms with Crippen LogP contribution < -0.4 is 4.74 Å². The van der Waals surface area contributed by atoms with Gasteiger partial charge in [0.1, 0.15) is 12.4 Å². The zero-order chi connectivity index (χ0) is 15.5. The summed E-state index contributed by atoms with van der Waals surface area (Å²) < 4.78 is 28.2. The minimum absolute atomic E-state index is 0.219. The van der Waals surface area contributed by atoms with Gasteiger partial charge in [-0.05, 0) is 42.0 Å². The highest BCUT2D eigenvalue weighted by atomic mass is 32.2. The minimum atomic E-state index is -3.21. The first-order valence-electron chi connectivity index (χ1n) is 6.11. The monoisotopic (exact) mass is 306 g/mol. The van der Waals surface area contributed by atoms with E-state index in [0.29, 0.717) is 5.75 Å². The maximum absolute atomic E-state index is 11.3. The van der Waals surface area contributed by atoms with Gasteiger partial charge >= 0.3 is 5.97 Å². The third kappa shape index (κ3) is 4.06. The largest absolute Gasteiger partial charge is 0.489 e. The van der Waals surface area contributed by atoms with Gasteiger partial charge in [0, 0.05) is 6.26 Å². The molecule has 0 unspecified atom stereocenters. The minimum Gasteiger partial charge on any atom is -0.489 e. The van der Waals surface area contributed by atoms with E-state index in [1.54, 1.807) is 24.3 Å². The van der Waals surface area contributed by atoms with Crippen molar-refractivity contribution >= 4 is 15.8 Å². The van der Waals surface area contributed by atoms with Gasteiger partial charge < -0.3 is 9.84 Å². The standard InChI is InChI=1S/C15H14O5S/c1-21(18,19)14-8-6-13(7-9-14)20-10-11-2-4-12(5-3-11)15(16)17/h2-9H,10H2,1H3,(H,16,17). The zero-order valence-electron chi connectivity index (χ0n) is 11.3. The Bertz CT molecular complexity index is 731. The SMILES string of the molecule is CS(=O)(=O)c1ccc(OCc2ccc(C(=O)O)cc2)cc1. The molecule has 0 bridgehead atoms. The number of sulfone groups is 1. The Balaban J connectivity index is 2.01. The second kappa shape index (κ2) is 5.97. The Hall–Kier alpha value is -2.34. The van der Waals surface area contributed by atoms with E-state index in [9.17, 15) is 13.2 Å². The lowest BCUT2D eigenvalue weighted by Crippen LogP contribution is -2.00. The molecule has 0 aliphatic carbocycles. The first-order valence-corrected chi connectivity index (χ1v) is 8.00. The highest BCUT2D eigenvalue weighted by molar-refractivity contribution is 7.90. The lowest BCUT2D eigenvalue weighted by atomic mass is 10.1. The highest BCUT2D eigenvalue weighted by Gasteiger charge is 2.06. The number of aromatic carboxylic acids is 1. The normalized spacial score (nSPS) is 11.1. The highest BCUT2D eigenvalue weighted by Crippen LogP contribution is 2.17. The second-order valence-electron chi connectivity index (χ2n) is 4.53. The van der Waals surface area contributed by atoms with Gasteiger partial charge in [-0.1, -0.05) is 12.1 Å². The van der Waals surface area contributed by atoms with Gasteiger partial charge in [0.15, 0.2) is 9.84 Å². The second-order valence-corrected chi connectivity index (χ2v) is 6.55. The van der Waals surface area contributed by atoms with E-state index in [1.807, 2.05) is 0 Å². The lowest BCUT2D eigenvalue weighted by molar-refractivity contribution is 0.0697. The predicted molar refractivity (Wildman–Crippen MR) is 77.3 cm³/mol. The summed E-state index contributed by atoms with van der Waals surface area (Å²) in [7, 11) is -3.21. The van der Waals surface area contributed by atoms with E-state index in [0.717, 1.165) is 11.8 Å². The van der Waals surface area contributed by atoms with Crippen molar-refractivity contribution in [1.82, 2.24) is 0 Å². The van der Waals surface area contributed by atoms with Gasteiger partial charge in [-0.3, -0.25) is 0 Å². The average molecular weight is 306 g/mol. The summed E-state index contributed by atoms with van der Waals surface area (Å²) in [5, 5.41) is 8.79. The molecule has 6 heteroatoms. The average Bonchev–Trinajstić information content (AvgIpc) is 2.45. The molecular weight excluding hydrogens is 292 g/mol. The molecule has 2 rings (SSSR count). The van der Waals surface area contributed by atoms with E-state index < -0.39 is 15.8 Å². The van der Waals surface area contributed by atoms with E-state index >= 15 is 0 Å². The molecule has 0 fully saturated rings. The Labute approximate surface area is 122 Å². The van der Waals surface area contributed by atoms with Crippen molar-refractivity contribution in [3.63, 3.8) is 0 Å². The van der Waals surface area contributed by atoms with Crippen LogP contribution in [0.2, 0.25) is 0 Å². The van der Waals surface area contributed by atoms with Crippen LogP contribution in [0.5, 0.6) is 5.75 Å². The first-order chi connectivity index (χ1) is 9.86. The Morgan fingerprint density at radius 3 is 2.10 bits per heavy atom. The third-order valence-electron chi connectivity index (χ3n) is 2.86. The quantitative estimate of drug-likeness (QED) is 0.917. The molecule has 0 radical (unpaired) electrons. The van der Waals surface area contributed by atoms with Gasteiger partial charge in [-0.2, -0.15) is 0 Å². The third-order valence-corrected chi connectivity index (χ3v) is 3.99. The van der Waals surface area contributed by atoms with Crippen molar-refractivity contribution in [1.29, 1.82) is 0 Å². The summed E-state index contributed by atoms with van der Waals surface area (Å²) in [5.41, 5.74) is 1.04. The van der Waals surface area contributed by atoms with Crippen molar-refractivity contribution in [3.05, 3.63) is 59.7 Å². The number of rotatable bonds is 5. The Kier molecular flexibility index (Phi) is 4.28. The van der Waals surface area contributed by atoms with Crippen molar-refractivity contribution < 1.29 is 23.1 Å². The van der Waals surface area contributed by atoms with E-state index in [-0.39, 0.29) is 17.1 Å². The predicted octanol–water partition coefficient (Wildman–Crippen LogP) is 2.37. The van der Waals surface area contributed by atoms with Crippen LogP contribution in [0.1, 0.15) is 15.9 Å². The lowest BCUT2D eigenvalue weighted by Gasteiger charge is -2.07. The number of carboxylic acid groups (broad SMARTS) is 1. The van der Waals surface area contributed by atoms with Gasteiger partial charge in [0.05, 0.1) is 10.5 Å². The maximum Gasteiger partial charge on any atom is 0.335 e. The van der Waals surface area contributed by atoms with Crippen LogP contribution in [0, 0.1) is 0 Å². The molecule has 0 atom stereocenters. The van der Waals surface area contributed by atoms with Crippen molar-refractivity contribution in [2.24, 2.45) is 0 Å². The molecule has 5 nitrogen and oxygen atoms in total. The molecule has 0 spiro atoms. The molecule has 0 heterocycles. The van der Waals surface area contributed by atoms with Crippen LogP contribution in [0.25, 0.3) is 0 Å². The van der Waals surface area contributed by atoms with Crippen LogP contribution in [-0.4, -0.2) is 25.7 Å².